The van der Waals surface area contributed by atoms with Crippen LogP contribution in [-0.4, -0.2) is 19.3 Å². The SMILES string of the molecule is COc1ccc(C(O)c2cccc(C)c2C)c(OC)c1. The lowest BCUT2D eigenvalue weighted by molar-refractivity contribution is 0.213. The Morgan fingerprint density at radius 2 is 1.70 bits per heavy atom. The van der Waals surface area contributed by atoms with Crippen molar-refractivity contribution in [3.63, 3.8) is 0 Å². The average molecular weight is 272 g/mol. The molecule has 0 saturated heterocycles. The molecule has 3 nitrogen and oxygen atoms in total. The molecule has 0 aliphatic rings. The van der Waals surface area contributed by atoms with Crippen molar-refractivity contribution in [3.8, 4) is 11.5 Å². The summed E-state index contributed by atoms with van der Waals surface area (Å²) in [5, 5.41) is 10.7. The molecule has 1 unspecified atom stereocenters. The summed E-state index contributed by atoms with van der Waals surface area (Å²) in [5.41, 5.74) is 3.89. The Bertz CT molecular complexity index is 605. The monoisotopic (exact) mass is 272 g/mol. The number of aliphatic hydroxyl groups excluding tert-OH is 1. The van der Waals surface area contributed by atoms with E-state index in [1.54, 1.807) is 20.3 Å². The Kier molecular flexibility index (Phi) is 4.30. The Hall–Kier alpha value is -2.00. The maximum absolute atomic E-state index is 10.7. The van der Waals surface area contributed by atoms with E-state index in [1.807, 2.05) is 44.2 Å². The maximum atomic E-state index is 10.7. The summed E-state index contributed by atoms with van der Waals surface area (Å²) < 4.78 is 10.5. The van der Waals surface area contributed by atoms with Crippen molar-refractivity contribution in [2.45, 2.75) is 20.0 Å². The predicted molar refractivity (Wildman–Crippen MR) is 79.5 cm³/mol. The molecule has 1 N–H and O–H groups in total. The quantitative estimate of drug-likeness (QED) is 0.927. The van der Waals surface area contributed by atoms with Crippen molar-refractivity contribution in [2.24, 2.45) is 0 Å². The molecule has 20 heavy (non-hydrogen) atoms. The van der Waals surface area contributed by atoms with Gasteiger partial charge in [-0.15, -0.1) is 0 Å². The van der Waals surface area contributed by atoms with Crippen molar-refractivity contribution in [1.82, 2.24) is 0 Å². The Balaban J connectivity index is 2.47. The summed E-state index contributed by atoms with van der Waals surface area (Å²) in [6.07, 6.45) is -0.712. The smallest absolute Gasteiger partial charge is 0.128 e. The van der Waals surface area contributed by atoms with Crippen LogP contribution in [0.5, 0.6) is 11.5 Å². The third-order valence-electron chi connectivity index (χ3n) is 3.68. The molecule has 106 valence electrons. The van der Waals surface area contributed by atoms with Gasteiger partial charge in [-0.1, -0.05) is 18.2 Å². The molecule has 0 aliphatic carbocycles. The highest BCUT2D eigenvalue weighted by molar-refractivity contribution is 5.47. The van der Waals surface area contributed by atoms with Crippen LogP contribution in [0.25, 0.3) is 0 Å². The van der Waals surface area contributed by atoms with Gasteiger partial charge in [0, 0.05) is 11.6 Å². The molecule has 2 rings (SSSR count). The van der Waals surface area contributed by atoms with Gasteiger partial charge in [-0.3, -0.25) is 0 Å². The van der Waals surface area contributed by atoms with Crippen molar-refractivity contribution in [2.75, 3.05) is 14.2 Å². The lowest BCUT2D eigenvalue weighted by Crippen LogP contribution is -2.05. The van der Waals surface area contributed by atoms with Crippen LogP contribution in [0.3, 0.4) is 0 Å². The Labute approximate surface area is 119 Å². The van der Waals surface area contributed by atoms with Gasteiger partial charge < -0.3 is 14.6 Å². The Morgan fingerprint density at radius 1 is 0.950 bits per heavy atom. The highest BCUT2D eigenvalue weighted by Gasteiger charge is 2.18. The third-order valence-corrected chi connectivity index (χ3v) is 3.68. The average Bonchev–Trinajstić information content (AvgIpc) is 2.48. The molecule has 0 aliphatic heterocycles. The van der Waals surface area contributed by atoms with Gasteiger partial charge in [0.15, 0.2) is 0 Å². The molecule has 0 heterocycles. The summed E-state index contributed by atoms with van der Waals surface area (Å²) in [7, 11) is 3.20. The Morgan fingerprint density at radius 3 is 2.35 bits per heavy atom. The molecule has 1 atom stereocenters. The number of aliphatic hydroxyl groups is 1. The number of methoxy groups -OCH3 is 2. The largest absolute Gasteiger partial charge is 0.497 e. The van der Waals surface area contributed by atoms with Gasteiger partial charge in [0.25, 0.3) is 0 Å². The number of hydrogen-bond donors (Lipinski definition) is 1. The summed E-state index contributed by atoms with van der Waals surface area (Å²) in [5.74, 6) is 1.33. The fourth-order valence-electron chi connectivity index (χ4n) is 2.28. The van der Waals surface area contributed by atoms with Gasteiger partial charge in [0.2, 0.25) is 0 Å². The molecule has 2 aromatic carbocycles. The van der Waals surface area contributed by atoms with E-state index in [0.717, 1.165) is 22.3 Å². The molecule has 0 saturated carbocycles. The topological polar surface area (TPSA) is 38.7 Å². The van der Waals surface area contributed by atoms with Gasteiger partial charge in [-0.2, -0.15) is 0 Å². The van der Waals surface area contributed by atoms with E-state index in [1.165, 1.54) is 0 Å². The van der Waals surface area contributed by atoms with Crippen LogP contribution in [0.2, 0.25) is 0 Å². The van der Waals surface area contributed by atoms with Gasteiger partial charge >= 0.3 is 0 Å². The molecule has 0 amide bonds. The van der Waals surface area contributed by atoms with Gasteiger partial charge in [-0.05, 0) is 42.7 Å². The van der Waals surface area contributed by atoms with Gasteiger partial charge in [0.1, 0.15) is 17.6 Å². The normalized spacial score (nSPS) is 12.1. The summed E-state index contributed by atoms with van der Waals surface area (Å²) in [6.45, 7) is 4.06. The number of benzene rings is 2. The van der Waals surface area contributed by atoms with Crippen molar-refractivity contribution >= 4 is 0 Å². The van der Waals surface area contributed by atoms with Crippen molar-refractivity contribution in [3.05, 3.63) is 58.7 Å². The first-order chi connectivity index (χ1) is 9.58. The number of ether oxygens (including phenoxy) is 2. The number of aryl methyl sites for hydroxylation is 1. The zero-order valence-corrected chi connectivity index (χ0v) is 12.3. The van der Waals surface area contributed by atoms with Crippen molar-refractivity contribution in [1.29, 1.82) is 0 Å². The molecule has 2 aromatic rings. The van der Waals surface area contributed by atoms with E-state index in [4.69, 9.17) is 9.47 Å². The number of hydrogen-bond acceptors (Lipinski definition) is 3. The minimum Gasteiger partial charge on any atom is -0.497 e. The first-order valence-electron chi connectivity index (χ1n) is 6.54. The highest BCUT2D eigenvalue weighted by Crippen LogP contribution is 2.34. The third kappa shape index (κ3) is 2.63. The van der Waals surface area contributed by atoms with Gasteiger partial charge in [-0.25, -0.2) is 0 Å². The van der Waals surface area contributed by atoms with E-state index in [-0.39, 0.29) is 0 Å². The van der Waals surface area contributed by atoms with Crippen LogP contribution < -0.4 is 9.47 Å². The lowest BCUT2D eigenvalue weighted by Gasteiger charge is -2.18. The predicted octanol–water partition coefficient (Wildman–Crippen LogP) is 3.40. The highest BCUT2D eigenvalue weighted by atomic mass is 16.5. The summed E-state index contributed by atoms with van der Waals surface area (Å²) in [4.78, 5) is 0. The molecule has 3 heteroatoms. The van der Waals surface area contributed by atoms with E-state index in [2.05, 4.69) is 0 Å². The zero-order chi connectivity index (χ0) is 14.7. The molecule has 0 spiro atoms. The lowest BCUT2D eigenvalue weighted by atomic mass is 9.94. The standard InChI is InChI=1S/C17H20O3/c1-11-6-5-7-14(12(11)2)17(18)15-9-8-13(19-3)10-16(15)20-4/h5-10,17-18H,1-4H3. The molecular formula is C17H20O3. The second kappa shape index (κ2) is 5.97. The maximum Gasteiger partial charge on any atom is 0.128 e. The van der Waals surface area contributed by atoms with E-state index >= 15 is 0 Å². The van der Waals surface area contributed by atoms with Crippen LogP contribution in [0.15, 0.2) is 36.4 Å². The van der Waals surface area contributed by atoms with Crippen LogP contribution in [0.1, 0.15) is 28.4 Å². The fraction of sp³-hybridized carbons (Fsp3) is 0.294. The first-order valence-corrected chi connectivity index (χ1v) is 6.54. The second-order valence-corrected chi connectivity index (χ2v) is 4.80. The minimum atomic E-state index is -0.712. The molecule has 0 aromatic heterocycles. The number of rotatable bonds is 4. The fourth-order valence-corrected chi connectivity index (χ4v) is 2.28. The van der Waals surface area contributed by atoms with Crippen LogP contribution in [-0.2, 0) is 0 Å². The van der Waals surface area contributed by atoms with E-state index in [9.17, 15) is 5.11 Å². The first kappa shape index (κ1) is 14.4. The second-order valence-electron chi connectivity index (χ2n) is 4.80. The zero-order valence-electron chi connectivity index (χ0n) is 12.3. The van der Waals surface area contributed by atoms with E-state index in [0.29, 0.717) is 11.5 Å². The van der Waals surface area contributed by atoms with Crippen LogP contribution in [0.4, 0.5) is 0 Å². The summed E-state index contributed by atoms with van der Waals surface area (Å²) >= 11 is 0. The molecule has 0 bridgehead atoms. The van der Waals surface area contributed by atoms with E-state index < -0.39 is 6.10 Å². The molecular weight excluding hydrogens is 252 g/mol. The van der Waals surface area contributed by atoms with Crippen LogP contribution >= 0.6 is 0 Å². The van der Waals surface area contributed by atoms with Gasteiger partial charge in [0.05, 0.1) is 14.2 Å². The van der Waals surface area contributed by atoms with Crippen LogP contribution in [0, 0.1) is 13.8 Å². The molecule has 0 radical (unpaired) electrons. The minimum absolute atomic E-state index is 0.623. The van der Waals surface area contributed by atoms with Crippen molar-refractivity contribution < 1.29 is 14.6 Å². The molecule has 0 fully saturated rings. The summed E-state index contributed by atoms with van der Waals surface area (Å²) in [6, 6.07) is 11.4.